The van der Waals surface area contributed by atoms with Crippen molar-refractivity contribution < 1.29 is 9.30 Å². The highest BCUT2D eigenvalue weighted by molar-refractivity contribution is 5.78. The molecule has 0 aliphatic heterocycles. The predicted octanol–water partition coefficient (Wildman–Crippen LogP) is 3.52. The molecular formula is C20H26N3O+. The average Bonchev–Trinajstić information content (AvgIpc) is 2.87. The van der Waals surface area contributed by atoms with Gasteiger partial charge in [-0.2, -0.15) is 0 Å². The van der Waals surface area contributed by atoms with Crippen molar-refractivity contribution in [2.45, 2.75) is 13.8 Å². The number of imidazole rings is 1. The Morgan fingerprint density at radius 3 is 2.42 bits per heavy atom. The van der Waals surface area contributed by atoms with Crippen molar-refractivity contribution in [3.8, 4) is 17.1 Å². The lowest BCUT2D eigenvalue weighted by atomic mass is 10.1. The highest BCUT2D eigenvalue weighted by Gasteiger charge is 2.24. The molecule has 3 rings (SSSR count). The number of anilines is 1. The molecule has 0 bridgehead atoms. The van der Waals surface area contributed by atoms with Gasteiger partial charge >= 0.3 is 0 Å². The summed E-state index contributed by atoms with van der Waals surface area (Å²) in [5.74, 6) is 2.04. The van der Waals surface area contributed by atoms with E-state index in [4.69, 9.17) is 4.74 Å². The number of aromatic nitrogens is 2. The molecule has 0 fully saturated rings. The first kappa shape index (κ1) is 16.4. The summed E-state index contributed by atoms with van der Waals surface area (Å²) in [4.78, 5) is 2.33. The van der Waals surface area contributed by atoms with Gasteiger partial charge in [-0.05, 0) is 38.1 Å². The summed E-state index contributed by atoms with van der Waals surface area (Å²) < 4.78 is 10.2. The fourth-order valence-electron chi connectivity index (χ4n) is 3.50. The molecule has 3 aromatic rings. The number of hydrogen-bond donors (Lipinski definition) is 0. The molecule has 4 nitrogen and oxygen atoms in total. The normalized spacial score (nSPS) is 11.0. The minimum Gasteiger partial charge on any atom is -0.496 e. The summed E-state index contributed by atoms with van der Waals surface area (Å²) in [6.45, 7) is 6.32. The molecule has 2 aromatic carbocycles. The van der Waals surface area contributed by atoms with Gasteiger partial charge in [0.2, 0.25) is 0 Å². The molecule has 0 radical (unpaired) electrons. The second-order valence-corrected chi connectivity index (χ2v) is 5.99. The maximum atomic E-state index is 5.73. The molecule has 126 valence electrons. The van der Waals surface area contributed by atoms with Crippen LogP contribution in [0, 0.1) is 0 Å². The summed E-state index contributed by atoms with van der Waals surface area (Å²) in [7, 11) is 5.96. The molecule has 0 aliphatic rings. The topological polar surface area (TPSA) is 21.3 Å². The van der Waals surface area contributed by atoms with Gasteiger partial charge < -0.3 is 9.64 Å². The van der Waals surface area contributed by atoms with Gasteiger partial charge in [0, 0.05) is 24.8 Å². The fraction of sp³-hybridized carbons (Fsp3) is 0.350. The van der Waals surface area contributed by atoms with Gasteiger partial charge in [-0.3, -0.25) is 0 Å². The van der Waals surface area contributed by atoms with Crippen LogP contribution in [0.5, 0.6) is 5.75 Å². The summed E-state index contributed by atoms with van der Waals surface area (Å²) in [5.41, 5.74) is 4.73. The van der Waals surface area contributed by atoms with Gasteiger partial charge in [-0.15, -0.1) is 0 Å². The third-order valence-electron chi connectivity index (χ3n) is 4.79. The second kappa shape index (κ2) is 6.56. The lowest BCUT2D eigenvalue weighted by molar-refractivity contribution is -0.634. The van der Waals surface area contributed by atoms with Crippen molar-refractivity contribution >= 4 is 16.7 Å². The Bertz CT molecular complexity index is 824. The van der Waals surface area contributed by atoms with Gasteiger partial charge in [0.25, 0.3) is 5.82 Å². The molecule has 1 aromatic heterocycles. The van der Waals surface area contributed by atoms with Crippen LogP contribution in [-0.4, -0.2) is 24.8 Å². The number of ether oxygens (including phenoxy) is 1. The molecule has 0 unspecified atom stereocenters. The van der Waals surface area contributed by atoms with E-state index in [-0.39, 0.29) is 0 Å². The van der Waals surface area contributed by atoms with E-state index in [1.54, 1.807) is 7.11 Å². The van der Waals surface area contributed by atoms with Crippen molar-refractivity contribution in [3.63, 3.8) is 0 Å². The Balaban J connectivity index is 2.20. The number of benzene rings is 2. The molecule has 1 heterocycles. The number of fused-ring (bicyclic) bond motifs is 1. The van der Waals surface area contributed by atoms with E-state index in [0.717, 1.165) is 30.2 Å². The molecule has 0 amide bonds. The van der Waals surface area contributed by atoms with Gasteiger partial charge in [-0.25, -0.2) is 9.13 Å². The maximum absolute atomic E-state index is 5.73. The fourth-order valence-corrected chi connectivity index (χ4v) is 3.50. The molecule has 24 heavy (non-hydrogen) atoms. The zero-order valence-electron chi connectivity index (χ0n) is 15.2. The van der Waals surface area contributed by atoms with Gasteiger partial charge in [0.15, 0.2) is 11.0 Å². The molecule has 0 N–H and O–H groups in total. The number of aryl methyl sites for hydroxylation is 2. The number of methoxy groups -OCH3 is 1. The Morgan fingerprint density at radius 2 is 1.79 bits per heavy atom. The summed E-state index contributed by atoms with van der Waals surface area (Å²) >= 11 is 0. The SMILES string of the molecule is CCN(CC)c1ccc(-c2n(C)c3ccccc3[n+]2C)c(OC)c1. The van der Waals surface area contributed by atoms with Crippen LogP contribution in [0.25, 0.3) is 22.4 Å². The van der Waals surface area contributed by atoms with Crippen LogP contribution < -0.4 is 14.2 Å². The van der Waals surface area contributed by atoms with E-state index in [2.05, 4.69) is 84.4 Å². The second-order valence-electron chi connectivity index (χ2n) is 5.99. The van der Waals surface area contributed by atoms with Crippen LogP contribution in [0.4, 0.5) is 5.69 Å². The molecule has 0 saturated carbocycles. The third kappa shape index (κ3) is 2.52. The largest absolute Gasteiger partial charge is 0.496 e. The van der Waals surface area contributed by atoms with E-state index >= 15 is 0 Å². The van der Waals surface area contributed by atoms with Gasteiger partial charge in [0.1, 0.15) is 11.3 Å². The first-order chi connectivity index (χ1) is 11.6. The zero-order chi connectivity index (χ0) is 17.3. The van der Waals surface area contributed by atoms with Crippen LogP contribution in [-0.2, 0) is 14.1 Å². The van der Waals surface area contributed by atoms with E-state index in [1.807, 2.05) is 0 Å². The first-order valence-electron chi connectivity index (χ1n) is 8.49. The number of hydrogen-bond acceptors (Lipinski definition) is 2. The van der Waals surface area contributed by atoms with E-state index in [9.17, 15) is 0 Å². The molecule has 4 heteroatoms. The highest BCUT2D eigenvalue weighted by atomic mass is 16.5. The number of nitrogens with zero attached hydrogens (tertiary/aromatic N) is 3. The molecule has 0 aliphatic carbocycles. The molecule has 0 saturated heterocycles. The number of rotatable bonds is 5. The quantitative estimate of drug-likeness (QED) is 0.670. The Labute approximate surface area is 143 Å². The van der Waals surface area contributed by atoms with E-state index < -0.39 is 0 Å². The highest BCUT2D eigenvalue weighted by Crippen LogP contribution is 2.33. The van der Waals surface area contributed by atoms with E-state index in [1.165, 1.54) is 16.7 Å². The summed E-state index contributed by atoms with van der Waals surface area (Å²) in [5, 5.41) is 0. The Kier molecular flexibility index (Phi) is 4.47. The Hall–Kier alpha value is -2.49. The zero-order valence-corrected chi connectivity index (χ0v) is 15.2. The standard InChI is InChI=1S/C20H26N3O/c1-6-23(7-2)15-12-13-16(19(14-15)24-5)20-21(3)17-10-8-9-11-18(17)22(20)4/h8-14H,6-7H2,1-5H3/q+1. The maximum Gasteiger partial charge on any atom is 0.293 e. The van der Waals surface area contributed by atoms with Crippen LogP contribution in [0.2, 0.25) is 0 Å². The van der Waals surface area contributed by atoms with Crippen molar-refractivity contribution in [3.05, 3.63) is 42.5 Å². The molecule has 0 atom stereocenters. The van der Waals surface area contributed by atoms with Crippen molar-refractivity contribution in [2.75, 3.05) is 25.1 Å². The minimum absolute atomic E-state index is 0.904. The lowest BCUT2D eigenvalue weighted by Crippen LogP contribution is -2.30. The number of para-hydroxylation sites is 2. The smallest absolute Gasteiger partial charge is 0.293 e. The lowest BCUT2D eigenvalue weighted by Gasteiger charge is -2.22. The monoisotopic (exact) mass is 324 g/mol. The van der Waals surface area contributed by atoms with Crippen LogP contribution >= 0.6 is 0 Å². The average molecular weight is 324 g/mol. The van der Waals surface area contributed by atoms with Crippen molar-refractivity contribution in [2.24, 2.45) is 14.1 Å². The third-order valence-corrected chi connectivity index (χ3v) is 4.79. The van der Waals surface area contributed by atoms with Crippen molar-refractivity contribution in [1.82, 2.24) is 4.57 Å². The van der Waals surface area contributed by atoms with Gasteiger partial charge in [-0.1, -0.05) is 12.1 Å². The molecule has 0 spiro atoms. The summed E-state index contributed by atoms with van der Waals surface area (Å²) in [6, 6.07) is 14.9. The van der Waals surface area contributed by atoms with Crippen LogP contribution in [0.15, 0.2) is 42.5 Å². The van der Waals surface area contributed by atoms with Gasteiger partial charge in [0.05, 0.1) is 21.2 Å². The van der Waals surface area contributed by atoms with Crippen LogP contribution in [0.3, 0.4) is 0 Å². The summed E-state index contributed by atoms with van der Waals surface area (Å²) in [6.07, 6.45) is 0. The van der Waals surface area contributed by atoms with E-state index in [0.29, 0.717) is 0 Å². The Morgan fingerprint density at radius 1 is 1.08 bits per heavy atom. The minimum atomic E-state index is 0.904. The first-order valence-corrected chi connectivity index (χ1v) is 8.49. The van der Waals surface area contributed by atoms with Crippen molar-refractivity contribution in [1.29, 1.82) is 0 Å². The van der Waals surface area contributed by atoms with Crippen LogP contribution in [0.1, 0.15) is 13.8 Å². The predicted molar refractivity (Wildman–Crippen MR) is 99.6 cm³/mol. The molecular weight excluding hydrogens is 298 g/mol.